The topological polar surface area (TPSA) is 66.0 Å². The molecule has 0 aliphatic carbocycles. The van der Waals surface area contributed by atoms with E-state index in [1.54, 1.807) is 6.07 Å². The van der Waals surface area contributed by atoms with Gasteiger partial charge in [-0.05, 0) is 30.3 Å². The molecule has 4 nitrogen and oxygen atoms in total. The van der Waals surface area contributed by atoms with Gasteiger partial charge in [0.15, 0.2) is 6.29 Å². The number of H-pyrrole nitrogens is 1. The van der Waals surface area contributed by atoms with Crippen molar-refractivity contribution in [3.8, 4) is 17.1 Å². The molecule has 4 heteroatoms. The average molecular weight is 238 g/mol. The van der Waals surface area contributed by atoms with Crippen molar-refractivity contribution >= 4 is 17.3 Å². The van der Waals surface area contributed by atoms with Gasteiger partial charge >= 0.3 is 0 Å². The van der Waals surface area contributed by atoms with Gasteiger partial charge in [0.25, 0.3) is 0 Å². The molecule has 0 saturated heterocycles. The Labute approximate surface area is 103 Å². The molecule has 3 aromatic rings. The first-order chi connectivity index (χ1) is 8.78. The number of fused-ring (bicyclic) bond motifs is 1. The molecule has 1 aromatic heterocycles. The molecular formula is C14H10N2O2. The quantitative estimate of drug-likeness (QED) is 0.674. The largest absolute Gasteiger partial charge is 0.508 e. The van der Waals surface area contributed by atoms with E-state index >= 15 is 0 Å². The number of hydrogen-bond acceptors (Lipinski definition) is 3. The fraction of sp³-hybridized carbons (Fsp3) is 0. The number of rotatable bonds is 2. The Bertz CT molecular complexity index is 698. The van der Waals surface area contributed by atoms with Crippen LogP contribution in [0.3, 0.4) is 0 Å². The molecule has 0 fully saturated rings. The number of benzene rings is 2. The lowest BCUT2D eigenvalue weighted by molar-refractivity contribution is 0.112. The number of phenols is 1. The van der Waals surface area contributed by atoms with Crippen molar-refractivity contribution in [3.05, 3.63) is 48.0 Å². The minimum Gasteiger partial charge on any atom is -0.508 e. The summed E-state index contributed by atoms with van der Waals surface area (Å²) in [4.78, 5) is 18.5. The number of nitrogens with zero attached hydrogens (tertiary/aromatic N) is 1. The Morgan fingerprint density at radius 3 is 2.78 bits per heavy atom. The molecule has 0 bridgehead atoms. The molecular weight excluding hydrogens is 228 g/mol. The fourth-order valence-electron chi connectivity index (χ4n) is 1.93. The Kier molecular flexibility index (Phi) is 2.34. The molecule has 0 unspecified atom stereocenters. The van der Waals surface area contributed by atoms with E-state index in [0.29, 0.717) is 17.0 Å². The van der Waals surface area contributed by atoms with E-state index in [4.69, 9.17) is 0 Å². The monoisotopic (exact) mass is 238 g/mol. The molecule has 0 saturated carbocycles. The number of carbonyl (C=O) groups excluding carboxylic acids is 1. The van der Waals surface area contributed by atoms with E-state index in [0.717, 1.165) is 17.3 Å². The predicted octanol–water partition coefficient (Wildman–Crippen LogP) is 2.75. The van der Waals surface area contributed by atoms with Crippen molar-refractivity contribution < 1.29 is 9.90 Å². The van der Waals surface area contributed by atoms with Crippen molar-refractivity contribution in [2.45, 2.75) is 0 Å². The number of aldehydes is 1. The first kappa shape index (κ1) is 10.5. The summed E-state index contributed by atoms with van der Waals surface area (Å²) in [6, 6.07) is 12.2. The zero-order valence-electron chi connectivity index (χ0n) is 9.42. The van der Waals surface area contributed by atoms with E-state index in [1.807, 2.05) is 24.3 Å². The Morgan fingerprint density at radius 1 is 1.17 bits per heavy atom. The lowest BCUT2D eigenvalue weighted by atomic mass is 10.1. The van der Waals surface area contributed by atoms with Crippen LogP contribution < -0.4 is 0 Å². The van der Waals surface area contributed by atoms with Crippen LogP contribution in [0.5, 0.6) is 5.75 Å². The van der Waals surface area contributed by atoms with Gasteiger partial charge < -0.3 is 10.1 Å². The summed E-state index contributed by atoms with van der Waals surface area (Å²) < 4.78 is 0. The Hall–Kier alpha value is -2.62. The molecule has 18 heavy (non-hydrogen) atoms. The molecule has 3 rings (SSSR count). The van der Waals surface area contributed by atoms with Crippen LogP contribution in [-0.4, -0.2) is 21.4 Å². The van der Waals surface area contributed by atoms with Gasteiger partial charge in [-0.25, -0.2) is 4.98 Å². The van der Waals surface area contributed by atoms with Gasteiger partial charge in [-0.15, -0.1) is 0 Å². The average Bonchev–Trinajstić information content (AvgIpc) is 2.82. The summed E-state index contributed by atoms with van der Waals surface area (Å²) in [7, 11) is 0. The van der Waals surface area contributed by atoms with Crippen LogP contribution >= 0.6 is 0 Å². The van der Waals surface area contributed by atoms with E-state index in [2.05, 4.69) is 9.97 Å². The van der Waals surface area contributed by atoms with Crippen molar-refractivity contribution in [2.24, 2.45) is 0 Å². The normalized spacial score (nSPS) is 10.7. The number of aromatic amines is 1. The first-order valence-corrected chi connectivity index (χ1v) is 5.51. The van der Waals surface area contributed by atoms with E-state index < -0.39 is 0 Å². The maximum atomic E-state index is 11.0. The van der Waals surface area contributed by atoms with E-state index in [9.17, 15) is 9.90 Å². The molecule has 88 valence electrons. The third kappa shape index (κ3) is 1.64. The standard InChI is InChI=1S/C14H10N2O2/c17-8-9-5-6-10(18)7-11(9)14-15-12-3-1-2-4-13(12)16-14/h1-8,18H,(H,15,16). The zero-order valence-corrected chi connectivity index (χ0v) is 9.42. The number of aromatic hydroxyl groups is 1. The van der Waals surface area contributed by atoms with Crippen LogP contribution in [0.2, 0.25) is 0 Å². The minimum absolute atomic E-state index is 0.107. The van der Waals surface area contributed by atoms with Crippen LogP contribution in [0.4, 0.5) is 0 Å². The summed E-state index contributed by atoms with van der Waals surface area (Å²) >= 11 is 0. The van der Waals surface area contributed by atoms with E-state index in [1.165, 1.54) is 12.1 Å². The molecule has 0 atom stereocenters. The molecule has 0 amide bonds. The van der Waals surface area contributed by atoms with Gasteiger partial charge in [0.05, 0.1) is 11.0 Å². The summed E-state index contributed by atoms with van der Waals surface area (Å²) in [5, 5.41) is 9.51. The summed E-state index contributed by atoms with van der Waals surface area (Å²) in [6.07, 6.45) is 0.752. The van der Waals surface area contributed by atoms with Crippen LogP contribution in [0.25, 0.3) is 22.4 Å². The number of para-hydroxylation sites is 2. The van der Waals surface area contributed by atoms with Crippen LogP contribution in [-0.2, 0) is 0 Å². The van der Waals surface area contributed by atoms with Crippen LogP contribution in [0.1, 0.15) is 10.4 Å². The third-order valence-corrected chi connectivity index (χ3v) is 2.81. The third-order valence-electron chi connectivity index (χ3n) is 2.81. The van der Waals surface area contributed by atoms with Crippen LogP contribution in [0.15, 0.2) is 42.5 Å². The van der Waals surface area contributed by atoms with Gasteiger partial charge in [-0.1, -0.05) is 12.1 Å². The summed E-state index contributed by atoms with van der Waals surface area (Å²) in [5.41, 5.74) is 2.81. The lowest BCUT2D eigenvalue weighted by Crippen LogP contribution is -1.88. The van der Waals surface area contributed by atoms with Crippen molar-refractivity contribution in [2.75, 3.05) is 0 Å². The highest BCUT2D eigenvalue weighted by Gasteiger charge is 2.10. The second-order valence-electron chi connectivity index (χ2n) is 3.99. The van der Waals surface area contributed by atoms with Gasteiger partial charge in [-0.3, -0.25) is 4.79 Å². The maximum Gasteiger partial charge on any atom is 0.150 e. The minimum atomic E-state index is 0.107. The molecule has 1 heterocycles. The van der Waals surface area contributed by atoms with Crippen molar-refractivity contribution in [1.82, 2.24) is 9.97 Å². The molecule has 2 aromatic carbocycles. The second kappa shape index (κ2) is 4.00. The molecule has 0 aliphatic heterocycles. The van der Waals surface area contributed by atoms with Gasteiger partial charge in [0, 0.05) is 11.1 Å². The highest BCUT2D eigenvalue weighted by Crippen LogP contribution is 2.26. The lowest BCUT2D eigenvalue weighted by Gasteiger charge is -2.01. The zero-order chi connectivity index (χ0) is 12.5. The predicted molar refractivity (Wildman–Crippen MR) is 68.6 cm³/mol. The number of aromatic nitrogens is 2. The smallest absolute Gasteiger partial charge is 0.150 e. The number of hydrogen-bond donors (Lipinski definition) is 2. The van der Waals surface area contributed by atoms with Crippen molar-refractivity contribution in [3.63, 3.8) is 0 Å². The SMILES string of the molecule is O=Cc1ccc(O)cc1-c1nc2ccccc2[nH]1. The van der Waals surface area contributed by atoms with Crippen molar-refractivity contribution in [1.29, 1.82) is 0 Å². The molecule has 0 radical (unpaired) electrons. The maximum absolute atomic E-state index is 11.0. The number of nitrogens with one attached hydrogen (secondary N) is 1. The van der Waals surface area contributed by atoms with E-state index in [-0.39, 0.29) is 5.75 Å². The van der Waals surface area contributed by atoms with Gasteiger partial charge in [0.2, 0.25) is 0 Å². The highest BCUT2D eigenvalue weighted by molar-refractivity contribution is 5.88. The Morgan fingerprint density at radius 2 is 2.00 bits per heavy atom. The molecule has 0 spiro atoms. The fourth-order valence-corrected chi connectivity index (χ4v) is 1.93. The van der Waals surface area contributed by atoms with Gasteiger partial charge in [0.1, 0.15) is 11.6 Å². The van der Waals surface area contributed by atoms with Crippen LogP contribution in [0, 0.1) is 0 Å². The first-order valence-electron chi connectivity index (χ1n) is 5.51. The number of phenolic OH excluding ortho intramolecular Hbond substituents is 1. The Balaban J connectivity index is 2.25. The highest BCUT2D eigenvalue weighted by atomic mass is 16.3. The molecule has 2 N–H and O–H groups in total. The summed E-state index contributed by atoms with van der Waals surface area (Å²) in [5.74, 6) is 0.685. The van der Waals surface area contributed by atoms with Gasteiger partial charge in [-0.2, -0.15) is 0 Å². The second-order valence-corrected chi connectivity index (χ2v) is 3.99. The molecule has 0 aliphatic rings. The number of carbonyl (C=O) groups is 1. The number of imidazole rings is 1. The summed E-state index contributed by atoms with van der Waals surface area (Å²) in [6.45, 7) is 0.